The van der Waals surface area contributed by atoms with E-state index in [0.717, 1.165) is 25.0 Å². The molecular weight excluding hydrogens is 452 g/mol. The maximum Gasteiger partial charge on any atom is 0.408 e. The quantitative estimate of drug-likeness (QED) is 0.280. The van der Waals surface area contributed by atoms with E-state index in [0.29, 0.717) is 0 Å². The zero-order valence-electron chi connectivity index (χ0n) is 19.1. The number of esters is 2. The van der Waals surface area contributed by atoms with Crippen LogP contribution in [0.1, 0.15) is 41.5 Å². The van der Waals surface area contributed by atoms with Gasteiger partial charge in [-0.1, -0.05) is 10.8 Å². The second-order valence-corrected chi connectivity index (χ2v) is 11.5. The van der Waals surface area contributed by atoms with Crippen LogP contribution in [-0.4, -0.2) is 77.3 Å². The Morgan fingerprint density at radius 1 is 0.806 bits per heavy atom. The molecule has 2 N–H and O–H groups in total. The normalized spacial score (nSPS) is 14.5. The number of hydrogen-bond acceptors (Lipinski definition) is 10. The van der Waals surface area contributed by atoms with Crippen LogP contribution in [0.5, 0.6) is 0 Å². The van der Waals surface area contributed by atoms with Gasteiger partial charge in [0.2, 0.25) is 0 Å². The first kappa shape index (κ1) is 29.0. The lowest BCUT2D eigenvalue weighted by Crippen LogP contribution is -2.47. The van der Waals surface area contributed by atoms with E-state index in [2.05, 4.69) is 20.1 Å². The van der Waals surface area contributed by atoms with Crippen molar-refractivity contribution in [2.24, 2.45) is 0 Å². The van der Waals surface area contributed by atoms with Gasteiger partial charge in [0.05, 0.1) is 29.8 Å². The van der Waals surface area contributed by atoms with Gasteiger partial charge in [0, 0.05) is 5.75 Å². The minimum Gasteiger partial charge on any atom is -0.467 e. The molecule has 13 heteroatoms. The third-order valence-corrected chi connectivity index (χ3v) is 5.97. The first-order chi connectivity index (χ1) is 14.1. The highest BCUT2D eigenvalue weighted by atomic mass is 33.1. The molecule has 3 atom stereocenters. The third-order valence-electron chi connectivity index (χ3n) is 3.02. The lowest BCUT2D eigenvalue weighted by molar-refractivity contribution is -0.143. The average molecular weight is 485 g/mol. The molecule has 0 fully saturated rings. The van der Waals surface area contributed by atoms with Crippen LogP contribution in [-0.2, 0) is 38.4 Å². The summed E-state index contributed by atoms with van der Waals surface area (Å²) in [5, 5.41) is 4.66. The zero-order valence-corrected chi connectivity index (χ0v) is 20.7. The van der Waals surface area contributed by atoms with Gasteiger partial charge >= 0.3 is 24.1 Å². The molecule has 0 aliphatic heterocycles. The molecule has 0 saturated heterocycles. The lowest BCUT2D eigenvalue weighted by atomic mass is 10.2. The van der Waals surface area contributed by atoms with Crippen molar-refractivity contribution in [3.8, 4) is 0 Å². The second-order valence-electron chi connectivity index (χ2n) is 8.20. The number of methoxy groups -OCH3 is 2. The van der Waals surface area contributed by atoms with Gasteiger partial charge in [-0.05, 0) is 41.5 Å². The highest BCUT2D eigenvalue weighted by Crippen LogP contribution is 2.14. The Bertz CT molecular complexity index is 672. The molecule has 11 nitrogen and oxygen atoms in total. The van der Waals surface area contributed by atoms with Crippen LogP contribution in [0.2, 0.25) is 0 Å². The first-order valence-electron chi connectivity index (χ1n) is 9.24. The molecule has 180 valence electrons. The Morgan fingerprint density at radius 2 is 1.19 bits per heavy atom. The first-order valence-corrected chi connectivity index (χ1v) is 12.1. The summed E-state index contributed by atoms with van der Waals surface area (Å²) in [5.41, 5.74) is -1.57. The molecule has 0 aliphatic rings. The predicted octanol–water partition coefficient (Wildman–Crippen LogP) is 1.52. The van der Waals surface area contributed by atoms with Crippen LogP contribution in [0, 0.1) is 0 Å². The fourth-order valence-electron chi connectivity index (χ4n) is 1.85. The minimum absolute atomic E-state index is 0.126. The molecule has 2 amide bonds. The van der Waals surface area contributed by atoms with Crippen molar-refractivity contribution in [3.63, 3.8) is 0 Å². The van der Waals surface area contributed by atoms with Gasteiger partial charge in [0.1, 0.15) is 23.3 Å². The van der Waals surface area contributed by atoms with Crippen molar-refractivity contribution in [2.75, 3.05) is 25.7 Å². The highest BCUT2D eigenvalue weighted by molar-refractivity contribution is 8.69. The average Bonchev–Trinajstić information content (AvgIpc) is 2.60. The molecule has 0 aromatic rings. The number of ether oxygens (including phenoxy) is 4. The van der Waals surface area contributed by atoms with Crippen molar-refractivity contribution < 1.29 is 42.3 Å². The molecule has 0 aliphatic carbocycles. The second kappa shape index (κ2) is 12.7. The molecule has 0 saturated carbocycles. The lowest BCUT2D eigenvalue weighted by Gasteiger charge is -2.23. The highest BCUT2D eigenvalue weighted by Gasteiger charge is 2.29. The topological polar surface area (TPSA) is 146 Å². The van der Waals surface area contributed by atoms with Crippen molar-refractivity contribution >= 4 is 44.8 Å². The molecule has 1 unspecified atom stereocenters. The van der Waals surface area contributed by atoms with E-state index in [1.54, 1.807) is 41.5 Å². The Morgan fingerprint density at radius 3 is 1.58 bits per heavy atom. The predicted molar refractivity (Wildman–Crippen MR) is 116 cm³/mol. The standard InChI is InChI=1S/C18H32N2O9S2/c1-17(2,3)28-15(23)19-11(13(21)26-7)9-30-31(25)10-12(14(22)27-8)20-16(24)29-18(4,5)6/h11-12H,9-10H2,1-8H3,(H,19,23)(H,20,24)/t11-,12-,31?/m0/s1. The fraction of sp³-hybridized carbons (Fsp3) is 0.778. The molecular formula is C18H32N2O9S2. The maximum absolute atomic E-state index is 12.4. The summed E-state index contributed by atoms with van der Waals surface area (Å²) in [5.74, 6) is -2.00. The monoisotopic (exact) mass is 484 g/mol. The summed E-state index contributed by atoms with van der Waals surface area (Å²) in [6.45, 7) is 9.94. The Labute approximate surface area is 188 Å². The number of carbonyl (C=O) groups is 4. The van der Waals surface area contributed by atoms with Crippen molar-refractivity contribution in [1.82, 2.24) is 10.6 Å². The van der Waals surface area contributed by atoms with E-state index in [4.69, 9.17) is 9.47 Å². The molecule has 0 bridgehead atoms. The van der Waals surface area contributed by atoms with Crippen LogP contribution < -0.4 is 10.6 Å². The Balaban J connectivity index is 4.99. The molecule has 0 heterocycles. The maximum atomic E-state index is 12.4. The number of alkyl carbamates (subject to hydrolysis) is 2. The number of nitrogens with one attached hydrogen (secondary N) is 2. The number of rotatable bonds is 9. The fourth-order valence-corrected chi connectivity index (χ4v) is 4.51. The SMILES string of the molecule is COC(=O)[C@H](CSS(=O)C[C@H](NC(=O)OC(C)(C)C)C(=O)OC)NC(=O)OC(C)(C)C. The van der Waals surface area contributed by atoms with E-state index >= 15 is 0 Å². The zero-order chi connectivity index (χ0) is 24.4. The summed E-state index contributed by atoms with van der Waals surface area (Å²) in [6, 6.07) is -2.37. The van der Waals surface area contributed by atoms with E-state index in [1.807, 2.05) is 0 Å². The number of amides is 2. The van der Waals surface area contributed by atoms with Gasteiger partial charge < -0.3 is 29.6 Å². The van der Waals surface area contributed by atoms with Gasteiger partial charge in [-0.15, -0.1) is 0 Å². The number of carbonyl (C=O) groups excluding carboxylic acids is 4. The molecule has 31 heavy (non-hydrogen) atoms. The summed E-state index contributed by atoms with van der Waals surface area (Å²) in [4.78, 5) is 47.7. The van der Waals surface area contributed by atoms with Crippen molar-refractivity contribution in [3.05, 3.63) is 0 Å². The van der Waals surface area contributed by atoms with Crippen LogP contribution in [0.3, 0.4) is 0 Å². The van der Waals surface area contributed by atoms with Crippen LogP contribution >= 0.6 is 10.8 Å². The molecule has 0 aromatic heterocycles. The Kier molecular flexibility index (Phi) is 11.9. The number of hydrogen-bond donors (Lipinski definition) is 2. The summed E-state index contributed by atoms with van der Waals surface area (Å²) >= 11 is 0. The summed E-state index contributed by atoms with van der Waals surface area (Å²) in [7, 11) is 1.32. The van der Waals surface area contributed by atoms with Gasteiger partial charge in [-0.3, -0.25) is 0 Å². The van der Waals surface area contributed by atoms with Gasteiger partial charge in [0.25, 0.3) is 0 Å². The molecule has 0 radical (unpaired) electrons. The van der Waals surface area contributed by atoms with E-state index in [-0.39, 0.29) is 11.5 Å². The van der Waals surface area contributed by atoms with Crippen LogP contribution in [0.25, 0.3) is 0 Å². The third kappa shape index (κ3) is 13.8. The van der Waals surface area contributed by atoms with E-state index < -0.39 is 57.2 Å². The summed E-state index contributed by atoms with van der Waals surface area (Å²) < 4.78 is 31.9. The minimum atomic E-state index is -1.74. The molecule has 0 rings (SSSR count). The largest absolute Gasteiger partial charge is 0.467 e. The molecule has 0 spiro atoms. The van der Waals surface area contributed by atoms with Crippen LogP contribution in [0.15, 0.2) is 0 Å². The van der Waals surface area contributed by atoms with E-state index in [9.17, 15) is 23.4 Å². The van der Waals surface area contributed by atoms with Gasteiger partial charge in [-0.2, -0.15) is 0 Å². The smallest absolute Gasteiger partial charge is 0.408 e. The molecule has 0 aromatic carbocycles. The van der Waals surface area contributed by atoms with Gasteiger partial charge in [-0.25, -0.2) is 23.4 Å². The van der Waals surface area contributed by atoms with Crippen molar-refractivity contribution in [1.29, 1.82) is 0 Å². The van der Waals surface area contributed by atoms with E-state index in [1.165, 1.54) is 0 Å². The summed E-state index contributed by atoms with van der Waals surface area (Å²) in [6.07, 6.45) is -1.71. The van der Waals surface area contributed by atoms with Gasteiger partial charge in [0.15, 0.2) is 0 Å². The van der Waals surface area contributed by atoms with Crippen molar-refractivity contribution in [2.45, 2.75) is 64.8 Å². The van der Waals surface area contributed by atoms with Crippen LogP contribution in [0.4, 0.5) is 9.59 Å². The Hall–Kier alpha value is -2.02.